The van der Waals surface area contributed by atoms with Gasteiger partial charge in [0.15, 0.2) is 0 Å². The van der Waals surface area contributed by atoms with E-state index in [-0.39, 0.29) is 5.91 Å². The minimum Gasteiger partial charge on any atom is -0.352 e. The summed E-state index contributed by atoms with van der Waals surface area (Å²) in [6, 6.07) is 8.62. The van der Waals surface area contributed by atoms with Crippen LogP contribution in [0.2, 0.25) is 0 Å². The number of benzene rings is 1. The van der Waals surface area contributed by atoms with Crippen LogP contribution in [-0.4, -0.2) is 33.7 Å². The van der Waals surface area contributed by atoms with Crippen LogP contribution in [0.3, 0.4) is 0 Å². The molecule has 0 radical (unpaired) electrons. The summed E-state index contributed by atoms with van der Waals surface area (Å²) in [5, 5.41) is 7.44. The molecule has 5 nitrogen and oxygen atoms in total. The highest BCUT2D eigenvalue weighted by Gasteiger charge is 2.12. The summed E-state index contributed by atoms with van der Waals surface area (Å²) < 4.78 is 1.88. The molecular formula is C21H30N4O. The molecule has 2 aromatic rings. The fraction of sp³-hybridized carbons (Fsp3) is 0.524. The van der Waals surface area contributed by atoms with Gasteiger partial charge in [-0.2, -0.15) is 5.10 Å². The normalized spacial score (nSPS) is 14.7. The summed E-state index contributed by atoms with van der Waals surface area (Å²) in [5.41, 5.74) is 5.85. The molecule has 0 bridgehead atoms. The van der Waals surface area contributed by atoms with Gasteiger partial charge < -0.3 is 5.32 Å². The van der Waals surface area contributed by atoms with Crippen molar-refractivity contribution in [3.8, 4) is 0 Å². The van der Waals surface area contributed by atoms with Crippen LogP contribution in [0.25, 0.3) is 0 Å². The Hall–Kier alpha value is -2.14. The van der Waals surface area contributed by atoms with Crippen molar-refractivity contribution in [3.63, 3.8) is 0 Å². The number of carbonyl (C=O) groups excluding carboxylic acids is 1. The second-order valence-corrected chi connectivity index (χ2v) is 7.35. The van der Waals surface area contributed by atoms with Crippen molar-refractivity contribution >= 4 is 5.91 Å². The van der Waals surface area contributed by atoms with Crippen LogP contribution in [0, 0.1) is 13.8 Å². The summed E-state index contributed by atoms with van der Waals surface area (Å²) in [6.07, 6.45) is 3.89. The lowest BCUT2D eigenvalue weighted by atomic mass is 10.1. The summed E-state index contributed by atoms with van der Waals surface area (Å²) in [7, 11) is 1.94. The lowest BCUT2D eigenvalue weighted by Gasteiger charge is -2.14. The number of likely N-dealkylation sites (tertiary alicyclic amines) is 1. The molecule has 0 unspecified atom stereocenters. The second-order valence-electron chi connectivity index (χ2n) is 7.35. The molecule has 1 amide bonds. The van der Waals surface area contributed by atoms with Gasteiger partial charge in [-0.3, -0.25) is 14.4 Å². The van der Waals surface area contributed by atoms with Crippen LogP contribution in [-0.2, 0) is 31.4 Å². The maximum atomic E-state index is 12.2. The molecule has 26 heavy (non-hydrogen) atoms. The lowest BCUT2D eigenvalue weighted by Crippen LogP contribution is -2.23. The van der Waals surface area contributed by atoms with E-state index in [1.54, 1.807) is 0 Å². The second kappa shape index (κ2) is 8.49. The first-order chi connectivity index (χ1) is 12.5. The van der Waals surface area contributed by atoms with E-state index in [1.807, 2.05) is 18.7 Å². The van der Waals surface area contributed by atoms with E-state index >= 15 is 0 Å². The Morgan fingerprint density at radius 2 is 1.77 bits per heavy atom. The Balaban J connectivity index is 1.43. The fourth-order valence-electron chi connectivity index (χ4n) is 3.67. The van der Waals surface area contributed by atoms with Crippen LogP contribution in [0.15, 0.2) is 24.3 Å². The number of hydrogen-bond donors (Lipinski definition) is 1. The Morgan fingerprint density at radius 3 is 2.38 bits per heavy atom. The third-order valence-corrected chi connectivity index (χ3v) is 5.38. The van der Waals surface area contributed by atoms with E-state index in [0.717, 1.165) is 29.9 Å². The summed E-state index contributed by atoms with van der Waals surface area (Å²) in [6.45, 7) is 8.12. The zero-order valence-corrected chi connectivity index (χ0v) is 16.2. The maximum absolute atomic E-state index is 12.2. The Bertz CT molecular complexity index is 742. The van der Waals surface area contributed by atoms with Gasteiger partial charge in [-0.15, -0.1) is 0 Å². The molecule has 0 spiro atoms. The summed E-state index contributed by atoms with van der Waals surface area (Å²) >= 11 is 0. The van der Waals surface area contributed by atoms with Crippen LogP contribution in [0.1, 0.15) is 47.3 Å². The van der Waals surface area contributed by atoms with Gasteiger partial charge >= 0.3 is 0 Å². The number of carbonyl (C=O) groups is 1. The number of amides is 1. The molecular weight excluding hydrogens is 324 g/mol. The zero-order valence-electron chi connectivity index (χ0n) is 16.2. The highest BCUT2D eigenvalue weighted by atomic mass is 16.1. The van der Waals surface area contributed by atoms with Gasteiger partial charge in [-0.1, -0.05) is 24.3 Å². The third kappa shape index (κ3) is 4.73. The Labute approximate surface area is 156 Å². The number of nitrogens with one attached hydrogen (secondary N) is 1. The molecule has 1 saturated heterocycles. The summed E-state index contributed by atoms with van der Waals surface area (Å²) in [5.74, 6) is 0.0915. The number of aromatic nitrogens is 2. The lowest BCUT2D eigenvalue weighted by molar-refractivity contribution is -0.121. The van der Waals surface area contributed by atoms with E-state index in [1.165, 1.54) is 37.1 Å². The number of nitrogens with zero attached hydrogens (tertiary/aromatic N) is 3. The van der Waals surface area contributed by atoms with Crippen molar-refractivity contribution < 1.29 is 4.79 Å². The molecule has 140 valence electrons. The predicted molar refractivity (Wildman–Crippen MR) is 104 cm³/mol. The van der Waals surface area contributed by atoms with E-state index in [4.69, 9.17) is 0 Å². The van der Waals surface area contributed by atoms with E-state index in [2.05, 4.69) is 46.5 Å². The average Bonchev–Trinajstić information content (AvgIpc) is 3.21. The van der Waals surface area contributed by atoms with Gasteiger partial charge in [0.05, 0.1) is 5.69 Å². The molecule has 1 aliphatic rings. The molecule has 2 heterocycles. The number of hydrogen-bond acceptors (Lipinski definition) is 3. The van der Waals surface area contributed by atoms with Crippen molar-refractivity contribution in [2.24, 2.45) is 7.05 Å². The Kier molecular flexibility index (Phi) is 6.09. The minimum atomic E-state index is 0.0915. The molecule has 0 atom stereocenters. The molecule has 0 aliphatic carbocycles. The van der Waals surface area contributed by atoms with Gasteiger partial charge in [-0.25, -0.2) is 0 Å². The van der Waals surface area contributed by atoms with Gasteiger partial charge in [0.2, 0.25) is 5.91 Å². The van der Waals surface area contributed by atoms with Crippen molar-refractivity contribution in [1.29, 1.82) is 0 Å². The fourth-order valence-corrected chi connectivity index (χ4v) is 3.67. The zero-order chi connectivity index (χ0) is 18.5. The molecule has 1 aliphatic heterocycles. The first-order valence-corrected chi connectivity index (χ1v) is 9.59. The van der Waals surface area contributed by atoms with Crippen LogP contribution >= 0.6 is 0 Å². The molecule has 0 saturated carbocycles. The van der Waals surface area contributed by atoms with Crippen LogP contribution in [0.5, 0.6) is 0 Å². The number of aryl methyl sites for hydroxylation is 2. The van der Waals surface area contributed by atoms with Gasteiger partial charge in [0.1, 0.15) is 0 Å². The van der Waals surface area contributed by atoms with E-state index < -0.39 is 0 Å². The maximum Gasteiger partial charge on any atom is 0.220 e. The highest BCUT2D eigenvalue weighted by molar-refractivity contribution is 5.76. The van der Waals surface area contributed by atoms with Gasteiger partial charge in [0, 0.05) is 32.3 Å². The molecule has 1 N–H and O–H groups in total. The molecule has 1 aromatic heterocycles. The molecule has 5 heteroatoms. The molecule has 1 aromatic carbocycles. The van der Waals surface area contributed by atoms with Crippen molar-refractivity contribution in [1.82, 2.24) is 20.0 Å². The summed E-state index contributed by atoms with van der Waals surface area (Å²) in [4.78, 5) is 14.7. The van der Waals surface area contributed by atoms with E-state index in [0.29, 0.717) is 13.0 Å². The monoisotopic (exact) mass is 354 g/mol. The SMILES string of the molecule is Cc1nn(C)c(C)c1CCC(=O)NCc1ccc(CN2CCCC2)cc1. The molecule has 1 fully saturated rings. The van der Waals surface area contributed by atoms with E-state index in [9.17, 15) is 4.79 Å². The first kappa shape index (κ1) is 18.6. The van der Waals surface area contributed by atoms with Crippen molar-refractivity contribution in [2.75, 3.05) is 13.1 Å². The molecule has 3 rings (SSSR count). The minimum absolute atomic E-state index is 0.0915. The smallest absolute Gasteiger partial charge is 0.220 e. The topological polar surface area (TPSA) is 50.2 Å². The largest absolute Gasteiger partial charge is 0.352 e. The Morgan fingerprint density at radius 1 is 1.12 bits per heavy atom. The number of rotatable bonds is 7. The van der Waals surface area contributed by atoms with Gasteiger partial charge in [0.25, 0.3) is 0 Å². The third-order valence-electron chi connectivity index (χ3n) is 5.38. The first-order valence-electron chi connectivity index (χ1n) is 9.59. The van der Waals surface area contributed by atoms with Gasteiger partial charge in [-0.05, 0) is 62.9 Å². The standard InChI is InChI=1S/C21H30N4O/c1-16-20(17(2)24(3)23-16)10-11-21(26)22-14-18-6-8-19(9-7-18)15-25-12-4-5-13-25/h6-9H,4-5,10-15H2,1-3H3,(H,22,26). The highest BCUT2D eigenvalue weighted by Crippen LogP contribution is 2.15. The van der Waals surface area contributed by atoms with Crippen LogP contribution < -0.4 is 5.32 Å². The van der Waals surface area contributed by atoms with Crippen molar-refractivity contribution in [2.45, 2.75) is 52.6 Å². The van der Waals surface area contributed by atoms with Crippen LogP contribution in [0.4, 0.5) is 0 Å². The quantitative estimate of drug-likeness (QED) is 0.832. The van der Waals surface area contributed by atoms with Crippen molar-refractivity contribution in [3.05, 3.63) is 52.3 Å². The predicted octanol–water partition coefficient (Wildman–Crippen LogP) is 2.88. The average molecular weight is 354 g/mol.